The summed E-state index contributed by atoms with van der Waals surface area (Å²) in [5, 5.41) is 13.1. The second-order valence-corrected chi connectivity index (χ2v) is 8.89. The molecule has 0 fully saturated rings. The van der Waals surface area contributed by atoms with Crippen LogP contribution in [0.15, 0.2) is 41.4 Å². The van der Waals surface area contributed by atoms with E-state index >= 15 is 0 Å². The van der Waals surface area contributed by atoms with Crippen molar-refractivity contribution in [1.82, 2.24) is 40.2 Å². The maximum atomic E-state index is 13.9. The molecule has 0 atom stereocenters. The Bertz CT molecular complexity index is 1390. The molecule has 0 spiro atoms. The predicted molar refractivity (Wildman–Crippen MR) is 121 cm³/mol. The minimum absolute atomic E-state index is 0.0399. The van der Waals surface area contributed by atoms with Crippen molar-refractivity contribution in [2.45, 2.75) is 38.9 Å². The van der Waals surface area contributed by atoms with Gasteiger partial charge in [-0.2, -0.15) is 28.2 Å². The van der Waals surface area contributed by atoms with E-state index in [9.17, 15) is 18.0 Å². The van der Waals surface area contributed by atoms with Gasteiger partial charge in [0.2, 0.25) is 5.95 Å². The molecule has 0 unspecified atom stereocenters. The number of nitrogens with one attached hydrogen (secondary N) is 2. The summed E-state index contributed by atoms with van der Waals surface area (Å²) in [5.74, 6) is -0.615. The average molecular weight is 501 g/mol. The largest absolute Gasteiger partial charge is 0.416 e. The van der Waals surface area contributed by atoms with Crippen molar-refractivity contribution in [2.24, 2.45) is 7.05 Å². The Morgan fingerprint density at radius 3 is 2.56 bits per heavy atom. The summed E-state index contributed by atoms with van der Waals surface area (Å²) >= 11 is 0. The highest BCUT2D eigenvalue weighted by molar-refractivity contribution is 5.89. The van der Waals surface area contributed by atoms with Crippen LogP contribution in [-0.4, -0.2) is 40.8 Å². The third kappa shape index (κ3) is 5.64. The topological polar surface area (TPSA) is 137 Å². The summed E-state index contributed by atoms with van der Waals surface area (Å²) in [6, 6.07) is 3.62. The molecule has 36 heavy (non-hydrogen) atoms. The lowest BCUT2D eigenvalue weighted by molar-refractivity contribution is -0.138. The molecule has 4 aromatic rings. The van der Waals surface area contributed by atoms with E-state index in [1.807, 2.05) is 20.8 Å². The summed E-state index contributed by atoms with van der Waals surface area (Å²) in [4.78, 5) is 28.6. The SMILES string of the molecule is Cn1cc(Nc2ncnc(-c3ccc(CNC(=O)c4nc(C(C)(C)C)no4)c(C(F)(F)F)c3)n2)cn1. The van der Waals surface area contributed by atoms with Gasteiger partial charge < -0.3 is 15.2 Å². The van der Waals surface area contributed by atoms with Crippen molar-refractivity contribution in [3.8, 4) is 11.4 Å². The van der Waals surface area contributed by atoms with Crippen LogP contribution in [0.4, 0.5) is 24.8 Å². The molecule has 0 bridgehead atoms. The molecule has 11 nitrogen and oxygen atoms in total. The molecular weight excluding hydrogens is 479 g/mol. The van der Waals surface area contributed by atoms with Gasteiger partial charge in [0.1, 0.15) is 6.33 Å². The lowest BCUT2D eigenvalue weighted by Crippen LogP contribution is -2.25. The fourth-order valence-electron chi connectivity index (χ4n) is 3.12. The highest BCUT2D eigenvalue weighted by Gasteiger charge is 2.34. The zero-order valence-corrected chi connectivity index (χ0v) is 19.8. The van der Waals surface area contributed by atoms with E-state index in [0.29, 0.717) is 11.5 Å². The minimum atomic E-state index is -4.69. The smallest absolute Gasteiger partial charge is 0.344 e. The summed E-state index contributed by atoms with van der Waals surface area (Å²) in [7, 11) is 1.73. The number of amides is 1. The van der Waals surface area contributed by atoms with Crippen molar-refractivity contribution in [3.05, 3.63) is 59.8 Å². The Morgan fingerprint density at radius 2 is 1.92 bits per heavy atom. The normalized spacial score (nSPS) is 12.0. The Labute approximate surface area is 203 Å². The molecular formula is C22H22F3N9O2. The maximum Gasteiger partial charge on any atom is 0.416 e. The molecule has 0 saturated carbocycles. The predicted octanol–water partition coefficient (Wildman–Crippen LogP) is 3.65. The summed E-state index contributed by atoms with van der Waals surface area (Å²) in [5.41, 5.74) is -0.821. The Kier molecular flexibility index (Phi) is 6.43. The zero-order valence-electron chi connectivity index (χ0n) is 19.8. The fourth-order valence-corrected chi connectivity index (χ4v) is 3.12. The standard InChI is InChI=1S/C22H22F3N9O2/c1-21(2,3)19-32-18(36-33-19)17(35)26-8-13-6-5-12(7-15(13)22(23,24)25)16-27-11-28-20(31-16)30-14-9-29-34(4)10-14/h5-7,9-11H,8H2,1-4H3,(H,26,35)(H,27,28,30,31). The fraction of sp³-hybridized carbons (Fsp3) is 0.318. The number of carbonyl (C=O) groups is 1. The van der Waals surface area contributed by atoms with Gasteiger partial charge in [0.15, 0.2) is 11.6 Å². The van der Waals surface area contributed by atoms with Crippen molar-refractivity contribution in [1.29, 1.82) is 0 Å². The first kappa shape index (κ1) is 24.8. The van der Waals surface area contributed by atoms with Gasteiger partial charge in [-0.1, -0.05) is 38.1 Å². The Hall–Kier alpha value is -4.36. The molecule has 0 saturated heterocycles. The lowest BCUT2D eigenvalue weighted by Gasteiger charge is -2.15. The van der Waals surface area contributed by atoms with Crippen LogP contribution < -0.4 is 10.6 Å². The molecule has 1 amide bonds. The van der Waals surface area contributed by atoms with Crippen LogP contribution in [0.1, 0.15) is 48.4 Å². The van der Waals surface area contributed by atoms with Gasteiger partial charge in [0.25, 0.3) is 0 Å². The molecule has 4 rings (SSSR count). The molecule has 14 heteroatoms. The van der Waals surface area contributed by atoms with Gasteiger partial charge in [0, 0.05) is 30.8 Å². The number of hydrogen-bond acceptors (Lipinski definition) is 9. The number of hydrogen-bond donors (Lipinski definition) is 2. The number of alkyl halides is 3. The van der Waals surface area contributed by atoms with Gasteiger partial charge in [-0.15, -0.1) is 0 Å². The van der Waals surface area contributed by atoms with E-state index in [-0.39, 0.29) is 28.8 Å². The molecule has 3 heterocycles. The minimum Gasteiger partial charge on any atom is -0.344 e. The van der Waals surface area contributed by atoms with Gasteiger partial charge in [-0.25, -0.2) is 9.97 Å². The number of benzene rings is 1. The molecule has 0 aliphatic rings. The number of anilines is 2. The van der Waals surface area contributed by atoms with Crippen LogP contribution in [0.25, 0.3) is 11.4 Å². The van der Waals surface area contributed by atoms with Crippen LogP contribution in [-0.2, 0) is 25.2 Å². The van der Waals surface area contributed by atoms with E-state index in [2.05, 4.69) is 40.8 Å². The monoisotopic (exact) mass is 501 g/mol. The molecule has 188 valence electrons. The number of aryl methyl sites for hydroxylation is 1. The van der Waals surface area contributed by atoms with Crippen LogP contribution in [0, 0.1) is 0 Å². The van der Waals surface area contributed by atoms with Crippen molar-refractivity contribution in [2.75, 3.05) is 5.32 Å². The quantitative estimate of drug-likeness (QED) is 0.406. The highest BCUT2D eigenvalue weighted by atomic mass is 19.4. The summed E-state index contributed by atoms with van der Waals surface area (Å²) < 4.78 is 48.1. The van der Waals surface area contributed by atoms with Crippen molar-refractivity contribution in [3.63, 3.8) is 0 Å². The first-order valence-electron chi connectivity index (χ1n) is 10.7. The first-order chi connectivity index (χ1) is 16.9. The van der Waals surface area contributed by atoms with Gasteiger partial charge >= 0.3 is 18.0 Å². The maximum absolute atomic E-state index is 13.9. The van der Waals surface area contributed by atoms with Gasteiger partial charge in [0.05, 0.1) is 17.4 Å². The van der Waals surface area contributed by atoms with E-state index in [4.69, 9.17) is 4.52 Å². The molecule has 0 aliphatic heterocycles. The molecule has 2 N–H and O–H groups in total. The average Bonchev–Trinajstić information content (AvgIpc) is 3.46. The second kappa shape index (κ2) is 9.36. The lowest BCUT2D eigenvalue weighted by atomic mass is 9.96. The number of carbonyl (C=O) groups excluding carboxylic acids is 1. The Morgan fingerprint density at radius 1 is 1.14 bits per heavy atom. The first-order valence-corrected chi connectivity index (χ1v) is 10.7. The van der Waals surface area contributed by atoms with Gasteiger partial charge in [-0.3, -0.25) is 9.48 Å². The van der Waals surface area contributed by atoms with E-state index < -0.39 is 29.6 Å². The van der Waals surface area contributed by atoms with Crippen molar-refractivity contribution >= 4 is 17.5 Å². The third-order valence-electron chi connectivity index (χ3n) is 4.94. The van der Waals surface area contributed by atoms with Crippen molar-refractivity contribution < 1.29 is 22.5 Å². The van der Waals surface area contributed by atoms with Crippen LogP contribution in [0.5, 0.6) is 0 Å². The molecule has 0 radical (unpaired) electrons. The van der Waals surface area contributed by atoms with E-state index in [1.54, 1.807) is 24.1 Å². The zero-order chi connectivity index (χ0) is 26.1. The second-order valence-electron chi connectivity index (χ2n) is 8.89. The van der Waals surface area contributed by atoms with Crippen LogP contribution in [0.2, 0.25) is 0 Å². The number of rotatable bonds is 6. The molecule has 1 aromatic carbocycles. The number of aromatic nitrogens is 7. The summed E-state index contributed by atoms with van der Waals surface area (Å²) in [6.45, 7) is 5.09. The third-order valence-corrected chi connectivity index (χ3v) is 4.94. The van der Waals surface area contributed by atoms with Crippen LogP contribution >= 0.6 is 0 Å². The molecule has 3 aromatic heterocycles. The molecule has 0 aliphatic carbocycles. The number of halogens is 3. The van der Waals surface area contributed by atoms with Gasteiger partial charge in [-0.05, 0) is 11.6 Å². The Balaban J connectivity index is 1.55. The highest BCUT2D eigenvalue weighted by Crippen LogP contribution is 2.34. The van der Waals surface area contributed by atoms with E-state index in [1.165, 1.54) is 18.5 Å². The summed E-state index contributed by atoms with van der Waals surface area (Å²) in [6.07, 6.45) is -0.262. The van der Waals surface area contributed by atoms with Crippen LogP contribution in [0.3, 0.4) is 0 Å². The van der Waals surface area contributed by atoms with E-state index in [0.717, 1.165) is 6.07 Å². The number of nitrogens with zero attached hydrogens (tertiary/aromatic N) is 7.